The summed E-state index contributed by atoms with van der Waals surface area (Å²) in [6, 6.07) is 2.39. The summed E-state index contributed by atoms with van der Waals surface area (Å²) < 4.78 is 30.9. The molecular weight excluding hydrogens is 230 g/mol. The number of carbonyl (C=O) groups is 1. The molecule has 2 amide bonds. The van der Waals surface area contributed by atoms with Crippen LogP contribution in [0.3, 0.4) is 0 Å². The van der Waals surface area contributed by atoms with Gasteiger partial charge in [0.05, 0.1) is 18.3 Å². The predicted octanol–water partition coefficient (Wildman–Crippen LogP) is 1.88. The van der Waals surface area contributed by atoms with Crippen LogP contribution in [0.4, 0.5) is 19.3 Å². The van der Waals surface area contributed by atoms with Crippen LogP contribution in [0, 0.1) is 11.6 Å². The predicted molar refractivity (Wildman–Crippen MR) is 57.7 cm³/mol. The van der Waals surface area contributed by atoms with Crippen LogP contribution in [-0.2, 0) is 4.74 Å². The molecule has 0 aliphatic carbocycles. The first-order chi connectivity index (χ1) is 8.15. The van der Waals surface area contributed by atoms with Crippen molar-refractivity contribution in [1.29, 1.82) is 0 Å². The molecular formula is C11H12F2N2O2. The first-order valence-electron chi connectivity index (χ1n) is 5.25. The van der Waals surface area contributed by atoms with Crippen LogP contribution in [0.2, 0.25) is 0 Å². The first kappa shape index (κ1) is 11.8. The molecule has 1 heterocycles. The molecule has 2 N–H and O–H groups in total. The number of benzene rings is 1. The van der Waals surface area contributed by atoms with E-state index in [0.717, 1.165) is 12.5 Å². The van der Waals surface area contributed by atoms with Gasteiger partial charge in [0.1, 0.15) is 11.6 Å². The van der Waals surface area contributed by atoms with E-state index in [-0.39, 0.29) is 11.7 Å². The van der Waals surface area contributed by atoms with Crippen LogP contribution in [0.15, 0.2) is 18.2 Å². The van der Waals surface area contributed by atoms with Gasteiger partial charge in [0, 0.05) is 12.7 Å². The van der Waals surface area contributed by atoms with Gasteiger partial charge >= 0.3 is 6.03 Å². The number of urea groups is 1. The summed E-state index contributed by atoms with van der Waals surface area (Å²) in [4.78, 5) is 11.5. The Morgan fingerprint density at radius 1 is 1.41 bits per heavy atom. The lowest BCUT2D eigenvalue weighted by Gasteiger charge is -2.12. The largest absolute Gasteiger partial charge is 0.379 e. The van der Waals surface area contributed by atoms with Gasteiger partial charge in [0.25, 0.3) is 0 Å². The van der Waals surface area contributed by atoms with E-state index in [9.17, 15) is 13.6 Å². The Balaban J connectivity index is 1.93. The number of halogens is 2. The van der Waals surface area contributed by atoms with Crippen molar-refractivity contribution >= 4 is 11.7 Å². The summed E-state index contributed by atoms with van der Waals surface area (Å²) in [5.74, 6) is -1.49. The molecule has 1 unspecified atom stereocenters. The quantitative estimate of drug-likeness (QED) is 0.831. The van der Waals surface area contributed by atoms with E-state index in [4.69, 9.17) is 4.74 Å². The Labute approximate surface area is 97.0 Å². The molecule has 0 radical (unpaired) electrons. The molecule has 0 bridgehead atoms. The fourth-order valence-corrected chi connectivity index (χ4v) is 1.58. The highest BCUT2D eigenvalue weighted by atomic mass is 19.1. The van der Waals surface area contributed by atoms with Crippen molar-refractivity contribution in [3.8, 4) is 0 Å². The number of ether oxygens (including phenoxy) is 1. The van der Waals surface area contributed by atoms with Gasteiger partial charge in [-0.15, -0.1) is 0 Å². The number of nitrogens with one attached hydrogen (secondary N) is 2. The fraction of sp³-hybridized carbons (Fsp3) is 0.364. The van der Waals surface area contributed by atoms with Gasteiger partial charge in [0.15, 0.2) is 0 Å². The van der Waals surface area contributed by atoms with Gasteiger partial charge in [-0.05, 0) is 18.6 Å². The average molecular weight is 242 g/mol. The Kier molecular flexibility index (Phi) is 3.53. The summed E-state index contributed by atoms with van der Waals surface area (Å²) in [5.41, 5.74) is -0.0529. The standard InChI is InChI=1S/C11H12F2N2O2/c12-7-1-2-10(9(13)5-7)15-11(16)14-8-3-4-17-6-8/h1-2,5,8H,3-4,6H2,(H2,14,15,16). The maximum absolute atomic E-state index is 13.2. The lowest BCUT2D eigenvalue weighted by atomic mass is 10.2. The molecule has 17 heavy (non-hydrogen) atoms. The van der Waals surface area contributed by atoms with Crippen molar-refractivity contribution in [3.63, 3.8) is 0 Å². The van der Waals surface area contributed by atoms with E-state index in [1.807, 2.05) is 0 Å². The number of anilines is 1. The highest BCUT2D eigenvalue weighted by molar-refractivity contribution is 5.89. The SMILES string of the molecule is O=C(Nc1ccc(F)cc1F)NC1CCOC1. The number of rotatable bonds is 2. The zero-order valence-electron chi connectivity index (χ0n) is 9.00. The molecule has 1 fully saturated rings. The maximum atomic E-state index is 13.2. The van der Waals surface area contributed by atoms with E-state index < -0.39 is 17.7 Å². The molecule has 2 rings (SSSR count). The molecule has 0 aromatic heterocycles. The van der Waals surface area contributed by atoms with E-state index >= 15 is 0 Å². The van der Waals surface area contributed by atoms with E-state index in [0.29, 0.717) is 19.3 Å². The zero-order chi connectivity index (χ0) is 12.3. The van der Waals surface area contributed by atoms with Crippen LogP contribution < -0.4 is 10.6 Å². The van der Waals surface area contributed by atoms with Crippen LogP contribution in [0.1, 0.15) is 6.42 Å². The van der Waals surface area contributed by atoms with Gasteiger partial charge in [0.2, 0.25) is 0 Å². The van der Waals surface area contributed by atoms with Crippen LogP contribution in [0.25, 0.3) is 0 Å². The molecule has 1 aliphatic rings. The van der Waals surface area contributed by atoms with Crippen LogP contribution in [0.5, 0.6) is 0 Å². The second-order valence-corrected chi connectivity index (χ2v) is 3.78. The minimum Gasteiger partial charge on any atom is -0.379 e. The summed E-state index contributed by atoms with van der Waals surface area (Å²) >= 11 is 0. The third-order valence-corrected chi connectivity index (χ3v) is 2.44. The van der Waals surface area contributed by atoms with Gasteiger partial charge in [-0.3, -0.25) is 0 Å². The second-order valence-electron chi connectivity index (χ2n) is 3.78. The molecule has 0 spiro atoms. The molecule has 1 aromatic rings. The topological polar surface area (TPSA) is 50.4 Å². The molecule has 1 saturated heterocycles. The number of carbonyl (C=O) groups excluding carboxylic acids is 1. The van der Waals surface area contributed by atoms with Gasteiger partial charge in [-0.1, -0.05) is 0 Å². The van der Waals surface area contributed by atoms with Gasteiger partial charge < -0.3 is 15.4 Å². The Morgan fingerprint density at radius 2 is 2.24 bits per heavy atom. The molecule has 1 aliphatic heterocycles. The first-order valence-corrected chi connectivity index (χ1v) is 5.25. The third-order valence-electron chi connectivity index (χ3n) is 2.44. The minimum absolute atomic E-state index is 0.0529. The monoisotopic (exact) mass is 242 g/mol. The smallest absolute Gasteiger partial charge is 0.319 e. The molecule has 92 valence electrons. The van der Waals surface area contributed by atoms with Gasteiger partial charge in [-0.25, -0.2) is 13.6 Å². The zero-order valence-corrected chi connectivity index (χ0v) is 9.00. The van der Waals surface area contributed by atoms with Crippen molar-refractivity contribution in [2.75, 3.05) is 18.5 Å². The fourth-order valence-electron chi connectivity index (χ4n) is 1.58. The summed E-state index contributed by atoms with van der Waals surface area (Å²) in [6.45, 7) is 1.06. The lowest BCUT2D eigenvalue weighted by molar-refractivity contribution is 0.189. The number of hydrogen-bond donors (Lipinski definition) is 2. The highest BCUT2D eigenvalue weighted by Gasteiger charge is 2.18. The highest BCUT2D eigenvalue weighted by Crippen LogP contribution is 2.14. The number of hydrogen-bond acceptors (Lipinski definition) is 2. The van der Waals surface area contributed by atoms with Crippen LogP contribution >= 0.6 is 0 Å². The van der Waals surface area contributed by atoms with Crippen molar-refractivity contribution in [2.24, 2.45) is 0 Å². The second kappa shape index (κ2) is 5.09. The van der Waals surface area contributed by atoms with E-state index in [1.54, 1.807) is 0 Å². The van der Waals surface area contributed by atoms with E-state index in [1.165, 1.54) is 6.07 Å². The lowest BCUT2D eigenvalue weighted by Crippen LogP contribution is -2.38. The van der Waals surface area contributed by atoms with Crippen molar-refractivity contribution < 1.29 is 18.3 Å². The Hall–Kier alpha value is -1.69. The summed E-state index contributed by atoms with van der Waals surface area (Å²) in [7, 11) is 0. The molecule has 1 aromatic carbocycles. The van der Waals surface area contributed by atoms with E-state index in [2.05, 4.69) is 10.6 Å². The minimum atomic E-state index is -0.803. The van der Waals surface area contributed by atoms with Gasteiger partial charge in [-0.2, -0.15) is 0 Å². The van der Waals surface area contributed by atoms with Crippen molar-refractivity contribution in [1.82, 2.24) is 5.32 Å². The Bertz CT molecular complexity index is 420. The van der Waals surface area contributed by atoms with Crippen molar-refractivity contribution in [2.45, 2.75) is 12.5 Å². The normalized spacial score (nSPS) is 19.1. The number of amides is 2. The third kappa shape index (κ3) is 3.13. The summed E-state index contributed by atoms with van der Waals surface area (Å²) in [6.07, 6.45) is 0.735. The maximum Gasteiger partial charge on any atom is 0.319 e. The van der Waals surface area contributed by atoms with Crippen LogP contribution in [-0.4, -0.2) is 25.3 Å². The molecule has 6 heteroatoms. The summed E-state index contributed by atoms with van der Waals surface area (Å²) in [5, 5.41) is 4.95. The van der Waals surface area contributed by atoms with Crippen molar-refractivity contribution in [3.05, 3.63) is 29.8 Å². The Morgan fingerprint density at radius 3 is 2.88 bits per heavy atom. The molecule has 4 nitrogen and oxygen atoms in total. The average Bonchev–Trinajstić information content (AvgIpc) is 2.75. The molecule has 0 saturated carbocycles. The molecule has 1 atom stereocenters.